The second-order valence-corrected chi connectivity index (χ2v) is 4.49. The topological polar surface area (TPSA) is 46.6 Å². The van der Waals surface area contributed by atoms with Crippen molar-refractivity contribution in [2.45, 2.75) is 59.3 Å². The minimum Gasteiger partial charge on any atom is -0.459 e. The number of hydrogen-bond donors (Lipinski definition) is 0. The molecule has 4 heteroatoms. The molecule has 0 fully saturated rings. The van der Waals surface area contributed by atoms with Gasteiger partial charge >= 0.3 is 11.9 Å². The molecule has 106 valence electrons. The average Bonchev–Trinajstić information content (AvgIpc) is 2.38. The standard InChI is InChI=1S/C14H27NO3/c1-4-7-10-15(11-8-5-2)13(16)14(17)18-12-9-6-3/h4-12H2,1-3H3. The number of ether oxygens (including phenoxy) is 1. The zero-order valence-electron chi connectivity index (χ0n) is 12.0. The number of carbonyl (C=O) groups excluding carboxylic acids is 2. The normalized spacial score (nSPS) is 10.2. The van der Waals surface area contributed by atoms with Gasteiger partial charge in [0.15, 0.2) is 0 Å². The van der Waals surface area contributed by atoms with Gasteiger partial charge in [0, 0.05) is 13.1 Å². The molecule has 0 rings (SSSR count). The predicted octanol–water partition coefficient (Wildman–Crippen LogP) is 2.76. The molecule has 0 heterocycles. The molecule has 0 aliphatic heterocycles. The van der Waals surface area contributed by atoms with Crippen molar-refractivity contribution in [2.24, 2.45) is 0 Å². The van der Waals surface area contributed by atoms with Gasteiger partial charge in [0.1, 0.15) is 0 Å². The number of amides is 1. The van der Waals surface area contributed by atoms with E-state index in [-0.39, 0.29) is 0 Å². The second-order valence-electron chi connectivity index (χ2n) is 4.49. The Morgan fingerprint density at radius 3 is 1.83 bits per heavy atom. The Bertz CT molecular complexity index is 233. The molecule has 0 atom stereocenters. The van der Waals surface area contributed by atoms with E-state index in [1.165, 1.54) is 0 Å². The van der Waals surface area contributed by atoms with E-state index in [0.717, 1.165) is 38.5 Å². The van der Waals surface area contributed by atoms with Gasteiger partial charge in [-0.25, -0.2) is 4.79 Å². The van der Waals surface area contributed by atoms with Crippen LogP contribution in [-0.4, -0.2) is 36.5 Å². The van der Waals surface area contributed by atoms with Crippen molar-refractivity contribution in [3.05, 3.63) is 0 Å². The summed E-state index contributed by atoms with van der Waals surface area (Å²) in [6.45, 7) is 7.81. The molecule has 0 unspecified atom stereocenters. The van der Waals surface area contributed by atoms with Crippen molar-refractivity contribution in [3.63, 3.8) is 0 Å². The lowest BCUT2D eigenvalue weighted by Crippen LogP contribution is -2.39. The molecule has 0 aliphatic rings. The van der Waals surface area contributed by atoms with Crippen molar-refractivity contribution < 1.29 is 14.3 Å². The SMILES string of the molecule is CCCCOC(=O)C(=O)N(CCCC)CCCC. The summed E-state index contributed by atoms with van der Waals surface area (Å²) < 4.78 is 4.95. The third-order valence-electron chi connectivity index (χ3n) is 2.76. The predicted molar refractivity (Wildman–Crippen MR) is 72.3 cm³/mol. The zero-order valence-corrected chi connectivity index (χ0v) is 12.0. The van der Waals surface area contributed by atoms with E-state index < -0.39 is 11.9 Å². The first kappa shape index (κ1) is 16.9. The number of carbonyl (C=O) groups is 2. The minimum absolute atomic E-state index is 0.344. The summed E-state index contributed by atoms with van der Waals surface area (Å²) in [7, 11) is 0. The first-order valence-corrected chi connectivity index (χ1v) is 7.13. The monoisotopic (exact) mass is 257 g/mol. The molecule has 1 amide bonds. The van der Waals surface area contributed by atoms with Crippen molar-refractivity contribution in [1.82, 2.24) is 4.90 Å². The molecule has 0 aromatic heterocycles. The van der Waals surface area contributed by atoms with Gasteiger partial charge in [0.2, 0.25) is 0 Å². The fourth-order valence-electron chi connectivity index (χ4n) is 1.51. The lowest BCUT2D eigenvalue weighted by Gasteiger charge is -2.21. The summed E-state index contributed by atoms with van der Waals surface area (Å²) in [4.78, 5) is 25.1. The summed E-state index contributed by atoms with van der Waals surface area (Å²) >= 11 is 0. The largest absolute Gasteiger partial charge is 0.459 e. The molecule has 4 nitrogen and oxygen atoms in total. The van der Waals surface area contributed by atoms with Gasteiger partial charge < -0.3 is 9.64 Å². The number of hydrogen-bond acceptors (Lipinski definition) is 3. The first-order chi connectivity index (χ1) is 8.67. The maximum atomic E-state index is 11.9. The Hall–Kier alpha value is -1.06. The Kier molecular flexibility index (Phi) is 10.4. The van der Waals surface area contributed by atoms with Gasteiger partial charge in [-0.1, -0.05) is 40.0 Å². The fourth-order valence-corrected chi connectivity index (χ4v) is 1.51. The van der Waals surface area contributed by atoms with Gasteiger partial charge in [-0.15, -0.1) is 0 Å². The van der Waals surface area contributed by atoms with E-state index in [0.29, 0.717) is 19.7 Å². The van der Waals surface area contributed by atoms with E-state index in [9.17, 15) is 9.59 Å². The summed E-state index contributed by atoms with van der Waals surface area (Å²) in [5.41, 5.74) is 0. The molecule has 0 saturated heterocycles. The molecule has 0 bridgehead atoms. The van der Waals surface area contributed by atoms with Crippen molar-refractivity contribution in [2.75, 3.05) is 19.7 Å². The zero-order chi connectivity index (χ0) is 13.8. The Morgan fingerprint density at radius 1 is 0.889 bits per heavy atom. The van der Waals surface area contributed by atoms with Crippen LogP contribution in [0.15, 0.2) is 0 Å². The second kappa shape index (κ2) is 11.1. The van der Waals surface area contributed by atoms with E-state index in [4.69, 9.17) is 4.74 Å². The number of unbranched alkanes of at least 4 members (excludes halogenated alkanes) is 3. The molecule has 0 aromatic rings. The van der Waals surface area contributed by atoms with Gasteiger partial charge in [-0.05, 0) is 19.3 Å². The number of rotatable bonds is 9. The maximum Gasteiger partial charge on any atom is 0.397 e. The van der Waals surface area contributed by atoms with Crippen LogP contribution in [0.5, 0.6) is 0 Å². The van der Waals surface area contributed by atoms with Crippen molar-refractivity contribution >= 4 is 11.9 Å². The van der Waals surface area contributed by atoms with E-state index in [1.54, 1.807) is 4.90 Å². The van der Waals surface area contributed by atoms with Crippen LogP contribution in [0.2, 0.25) is 0 Å². The van der Waals surface area contributed by atoms with Crippen LogP contribution in [0.25, 0.3) is 0 Å². The van der Waals surface area contributed by atoms with Crippen LogP contribution < -0.4 is 0 Å². The Labute approximate surface area is 111 Å². The first-order valence-electron chi connectivity index (χ1n) is 7.13. The summed E-state index contributed by atoms with van der Waals surface area (Å²) in [5.74, 6) is -1.18. The summed E-state index contributed by atoms with van der Waals surface area (Å²) in [6, 6.07) is 0. The van der Waals surface area contributed by atoms with Crippen molar-refractivity contribution in [3.8, 4) is 0 Å². The smallest absolute Gasteiger partial charge is 0.397 e. The molecule has 0 aromatic carbocycles. The quantitative estimate of drug-likeness (QED) is 0.362. The van der Waals surface area contributed by atoms with E-state index in [1.807, 2.05) is 6.92 Å². The van der Waals surface area contributed by atoms with Gasteiger partial charge in [-0.2, -0.15) is 0 Å². The summed E-state index contributed by atoms with van der Waals surface area (Å²) in [5, 5.41) is 0. The molecular weight excluding hydrogens is 230 g/mol. The van der Waals surface area contributed by atoms with Crippen LogP contribution in [0.4, 0.5) is 0 Å². The molecule has 0 aliphatic carbocycles. The molecule has 18 heavy (non-hydrogen) atoms. The van der Waals surface area contributed by atoms with E-state index in [2.05, 4.69) is 13.8 Å². The number of esters is 1. The Morgan fingerprint density at radius 2 is 1.39 bits per heavy atom. The summed E-state index contributed by atoms with van der Waals surface area (Å²) in [6.07, 6.45) is 5.65. The van der Waals surface area contributed by atoms with Crippen molar-refractivity contribution in [1.29, 1.82) is 0 Å². The highest BCUT2D eigenvalue weighted by molar-refractivity contribution is 6.32. The van der Waals surface area contributed by atoms with E-state index >= 15 is 0 Å². The van der Waals surface area contributed by atoms with Crippen LogP contribution in [0, 0.1) is 0 Å². The third-order valence-corrected chi connectivity index (χ3v) is 2.76. The third kappa shape index (κ3) is 7.30. The van der Waals surface area contributed by atoms with Gasteiger partial charge in [0.25, 0.3) is 0 Å². The molecule has 0 saturated carbocycles. The van der Waals surface area contributed by atoms with Crippen LogP contribution >= 0.6 is 0 Å². The van der Waals surface area contributed by atoms with Crippen LogP contribution in [0.1, 0.15) is 59.3 Å². The van der Waals surface area contributed by atoms with Crippen LogP contribution in [0.3, 0.4) is 0 Å². The molecule has 0 N–H and O–H groups in total. The maximum absolute atomic E-state index is 11.9. The Balaban J connectivity index is 4.19. The number of nitrogens with zero attached hydrogens (tertiary/aromatic N) is 1. The minimum atomic E-state index is -0.698. The fraction of sp³-hybridized carbons (Fsp3) is 0.857. The molecular formula is C14H27NO3. The van der Waals surface area contributed by atoms with Gasteiger partial charge in [0.05, 0.1) is 6.61 Å². The van der Waals surface area contributed by atoms with Crippen LogP contribution in [-0.2, 0) is 14.3 Å². The molecule has 0 spiro atoms. The lowest BCUT2D eigenvalue weighted by atomic mass is 10.2. The molecule has 0 radical (unpaired) electrons. The lowest BCUT2D eigenvalue weighted by molar-refractivity contribution is -0.160. The average molecular weight is 257 g/mol. The highest BCUT2D eigenvalue weighted by atomic mass is 16.5. The highest BCUT2D eigenvalue weighted by Crippen LogP contribution is 2.02. The van der Waals surface area contributed by atoms with Gasteiger partial charge in [-0.3, -0.25) is 4.79 Å². The highest BCUT2D eigenvalue weighted by Gasteiger charge is 2.22.